The second kappa shape index (κ2) is 5.31. The van der Waals surface area contributed by atoms with Crippen LogP contribution in [0, 0.1) is 0 Å². The topological polar surface area (TPSA) is 72.8 Å². The van der Waals surface area contributed by atoms with Crippen molar-refractivity contribution in [1.82, 2.24) is 0 Å². The fourth-order valence-corrected chi connectivity index (χ4v) is 0.311. The van der Waals surface area contributed by atoms with Crippen LogP contribution in [0.1, 0.15) is 13.8 Å². The highest BCUT2D eigenvalue weighted by Gasteiger charge is 2.00. The largest absolute Gasteiger partial charge is 0.478 e. The molecule has 0 atom stereocenters. The van der Waals surface area contributed by atoms with Crippen molar-refractivity contribution in [2.45, 2.75) is 20.0 Å². The number of hydrogen-bond acceptors (Lipinski definition) is 4. The highest BCUT2D eigenvalue weighted by Crippen LogP contribution is 1.90. The summed E-state index contributed by atoms with van der Waals surface area (Å²) in [4.78, 5) is 29.1. The van der Waals surface area contributed by atoms with Gasteiger partial charge in [0.15, 0.2) is 0 Å². The van der Waals surface area contributed by atoms with Crippen molar-refractivity contribution in [3.8, 4) is 0 Å². The van der Waals surface area contributed by atoms with Crippen molar-refractivity contribution in [3.63, 3.8) is 0 Å². The first-order valence-corrected chi connectivity index (χ1v) is 3.30. The average Bonchev–Trinajstić information content (AvgIpc) is 1.96. The maximum Gasteiger partial charge on any atom is 0.366 e. The van der Waals surface area contributed by atoms with E-state index in [-0.39, 0.29) is 6.10 Å². The number of hydrogen-bond donors (Lipinski definition) is 1. The van der Waals surface area contributed by atoms with Crippen LogP contribution < -0.4 is 0 Å². The van der Waals surface area contributed by atoms with Crippen LogP contribution in [-0.2, 0) is 19.4 Å². The molecule has 0 aliphatic rings. The first-order valence-electron chi connectivity index (χ1n) is 3.30. The van der Waals surface area contributed by atoms with E-state index in [1.807, 2.05) is 0 Å². The van der Waals surface area contributed by atoms with Gasteiger partial charge in [0.05, 0.1) is 6.10 Å². The second-order valence-corrected chi connectivity index (χ2v) is 2.22. The maximum atomic E-state index is 10.6. The van der Waals surface area contributed by atoms with Crippen LogP contribution in [0.15, 0.2) is 12.2 Å². The normalized spacial score (nSPS) is 10.6. The lowest BCUT2D eigenvalue weighted by atomic mass is 10.5. The van der Waals surface area contributed by atoms with E-state index >= 15 is 0 Å². The van der Waals surface area contributed by atoms with Gasteiger partial charge in [-0.3, -0.25) is 4.89 Å². The Morgan fingerprint density at radius 2 is 1.92 bits per heavy atom. The average molecular weight is 174 g/mol. The lowest BCUT2D eigenvalue weighted by molar-refractivity contribution is -0.286. The van der Waals surface area contributed by atoms with Crippen molar-refractivity contribution in [3.05, 3.63) is 12.2 Å². The fraction of sp³-hybridized carbons (Fsp3) is 0.429. The summed E-state index contributed by atoms with van der Waals surface area (Å²) in [6, 6.07) is 0. The van der Waals surface area contributed by atoms with Crippen LogP contribution in [0.3, 0.4) is 0 Å². The first kappa shape index (κ1) is 10.6. The zero-order valence-electron chi connectivity index (χ0n) is 6.81. The molecule has 0 unspecified atom stereocenters. The van der Waals surface area contributed by atoms with Gasteiger partial charge in [-0.05, 0) is 13.8 Å². The van der Waals surface area contributed by atoms with Crippen LogP contribution >= 0.6 is 0 Å². The SMILES string of the molecule is CC(C)OOC(=O)C=CC(=O)O. The Kier molecular flexibility index (Phi) is 4.71. The third kappa shape index (κ3) is 6.76. The standard InChI is InChI=1S/C7H10O5/c1-5(2)11-12-7(10)4-3-6(8)9/h3-5H,1-2H3,(H,8,9). The molecule has 12 heavy (non-hydrogen) atoms. The number of carboxylic acid groups (broad SMARTS) is 1. The van der Waals surface area contributed by atoms with Gasteiger partial charge in [0, 0.05) is 12.2 Å². The lowest BCUT2D eigenvalue weighted by Crippen LogP contribution is -2.08. The van der Waals surface area contributed by atoms with Crippen LogP contribution in [-0.4, -0.2) is 23.1 Å². The Bertz CT molecular complexity index is 194. The summed E-state index contributed by atoms with van der Waals surface area (Å²) in [6.07, 6.45) is 1.20. The monoisotopic (exact) mass is 174 g/mol. The predicted molar refractivity (Wildman–Crippen MR) is 39.1 cm³/mol. The van der Waals surface area contributed by atoms with E-state index in [4.69, 9.17) is 5.11 Å². The molecule has 0 aromatic rings. The molecule has 0 saturated heterocycles. The Balaban J connectivity index is 3.67. The van der Waals surface area contributed by atoms with E-state index in [9.17, 15) is 9.59 Å². The van der Waals surface area contributed by atoms with E-state index in [0.29, 0.717) is 6.08 Å². The highest BCUT2D eigenvalue weighted by molar-refractivity contribution is 5.90. The van der Waals surface area contributed by atoms with Gasteiger partial charge in [-0.2, -0.15) is 4.89 Å². The molecule has 0 aromatic carbocycles. The number of carboxylic acids is 1. The summed E-state index contributed by atoms with van der Waals surface area (Å²) in [5.41, 5.74) is 0. The first-order chi connectivity index (χ1) is 5.52. The van der Waals surface area contributed by atoms with Gasteiger partial charge in [0.25, 0.3) is 0 Å². The molecular formula is C7H10O5. The molecule has 0 aromatic heterocycles. The van der Waals surface area contributed by atoms with Gasteiger partial charge < -0.3 is 5.11 Å². The maximum absolute atomic E-state index is 10.6. The molecule has 1 N–H and O–H groups in total. The smallest absolute Gasteiger partial charge is 0.366 e. The Morgan fingerprint density at radius 3 is 2.33 bits per heavy atom. The van der Waals surface area contributed by atoms with E-state index in [1.54, 1.807) is 13.8 Å². The predicted octanol–water partition coefficient (Wildman–Crippen LogP) is 0.510. The molecule has 0 fully saturated rings. The third-order valence-electron chi connectivity index (χ3n) is 0.685. The second-order valence-electron chi connectivity index (χ2n) is 2.22. The summed E-state index contributed by atoms with van der Waals surface area (Å²) in [5, 5.41) is 8.10. The fourth-order valence-electron chi connectivity index (χ4n) is 0.311. The number of carbonyl (C=O) groups is 2. The van der Waals surface area contributed by atoms with Crippen molar-refractivity contribution in [2.24, 2.45) is 0 Å². The van der Waals surface area contributed by atoms with Crippen molar-refractivity contribution in [2.75, 3.05) is 0 Å². The molecule has 0 aliphatic heterocycles. The zero-order valence-corrected chi connectivity index (χ0v) is 6.81. The number of carbonyl (C=O) groups excluding carboxylic acids is 1. The summed E-state index contributed by atoms with van der Waals surface area (Å²) < 4.78 is 0. The number of rotatable bonds is 4. The molecule has 5 nitrogen and oxygen atoms in total. The molecule has 5 heteroatoms. The summed E-state index contributed by atoms with van der Waals surface area (Å²) in [5.74, 6) is -2.05. The van der Waals surface area contributed by atoms with Gasteiger partial charge in [-0.15, -0.1) is 0 Å². The van der Waals surface area contributed by atoms with Crippen molar-refractivity contribution in [1.29, 1.82) is 0 Å². The van der Waals surface area contributed by atoms with E-state index in [2.05, 4.69) is 9.78 Å². The van der Waals surface area contributed by atoms with E-state index in [0.717, 1.165) is 6.08 Å². The summed E-state index contributed by atoms with van der Waals surface area (Å²) in [7, 11) is 0. The molecular weight excluding hydrogens is 164 g/mol. The van der Waals surface area contributed by atoms with E-state index in [1.165, 1.54) is 0 Å². The van der Waals surface area contributed by atoms with Crippen LogP contribution in [0.4, 0.5) is 0 Å². The van der Waals surface area contributed by atoms with Gasteiger partial charge >= 0.3 is 11.9 Å². The summed E-state index contributed by atoms with van der Waals surface area (Å²) >= 11 is 0. The van der Waals surface area contributed by atoms with Crippen LogP contribution in [0.5, 0.6) is 0 Å². The molecule has 0 amide bonds. The minimum atomic E-state index is -1.21. The van der Waals surface area contributed by atoms with Crippen molar-refractivity contribution < 1.29 is 24.5 Å². The Labute approximate surface area is 69.5 Å². The highest BCUT2D eigenvalue weighted by atomic mass is 17.2. The van der Waals surface area contributed by atoms with Crippen LogP contribution in [0.2, 0.25) is 0 Å². The summed E-state index contributed by atoms with van der Waals surface area (Å²) in [6.45, 7) is 3.35. The minimum Gasteiger partial charge on any atom is -0.478 e. The molecule has 0 bridgehead atoms. The molecule has 0 spiro atoms. The molecule has 0 radical (unpaired) electrons. The van der Waals surface area contributed by atoms with E-state index < -0.39 is 11.9 Å². The Morgan fingerprint density at radius 1 is 1.33 bits per heavy atom. The molecule has 0 aliphatic carbocycles. The van der Waals surface area contributed by atoms with Gasteiger partial charge in [0.2, 0.25) is 0 Å². The van der Waals surface area contributed by atoms with Gasteiger partial charge in [-0.1, -0.05) is 0 Å². The number of aliphatic carboxylic acids is 1. The van der Waals surface area contributed by atoms with Gasteiger partial charge in [-0.25, -0.2) is 9.59 Å². The zero-order chi connectivity index (χ0) is 9.56. The quantitative estimate of drug-likeness (QED) is 0.382. The minimum absolute atomic E-state index is 0.243. The molecule has 0 saturated carbocycles. The Hall–Kier alpha value is -1.36. The third-order valence-corrected chi connectivity index (χ3v) is 0.685. The van der Waals surface area contributed by atoms with Crippen LogP contribution in [0.25, 0.3) is 0 Å². The van der Waals surface area contributed by atoms with Gasteiger partial charge in [0.1, 0.15) is 0 Å². The lowest BCUT2D eigenvalue weighted by Gasteiger charge is -2.02. The van der Waals surface area contributed by atoms with Crippen molar-refractivity contribution >= 4 is 11.9 Å². The molecule has 0 rings (SSSR count). The molecule has 0 heterocycles. The molecule has 68 valence electrons.